The van der Waals surface area contributed by atoms with Crippen LogP contribution in [0.2, 0.25) is 0 Å². The van der Waals surface area contributed by atoms with Crippen LogP contribution in [0.5, 0.6) is 5.75 Å². The first-order chi connectivity index (χ1) is 20.6. The number of likely N-dealkylation sites (N-methyl/N-ethyl adjacent to an activating group) is 1. The number of nitrogens with two attached hydrogens (primary N) is 1. The SMILES string of the molecule is C#CCOCCOCCOCC=O.CNC(CCN)C(=O)Nc1ccc(OC2OC(C(=O)O)C(O)C(O)C2O)c(CF)c1. The van der Waals surface area contributed by atoms with Gasteiger partial charge in [0.25, 0.3) is 0 Å². The molecular formula is C27H40FN3O12. The maximum Gasteiger partial charge on any atom is 0.335 e. The third-order valence-electron chi connectivity index (χ3n) is 5.76. The molecule has 1 aliphatic heterocycles. The van der Waals surface area contributed by atoms with E-state index >= 15 is 0 Å². The van der Waals surface area contributed by atoms with Gasteiger partial charge in [-0.25, -0.2) is 9.18 Å². The van der Waals surface area contributed by atoms with Crippen molar-refractivity contribution in [3.8, 4) is 18.1 Å². The number of hydrogen-bond acceptors (Lipinski definition) is 13. The second-order valence-corrected chi connectivity index (χ2v) is 8.83. The summed E-state index contributed by atoms with van der Waals surface area (Å²) >= 11 is 0. The van der Waals surface area contributed by atoms with Crippen molar-refractivity contribution in [1.29, 1.82) is 0 Å². The van der Waals surface area contributed by atoms with Gasteiger partial charge in [0.2, 0.25) is 12.2 Å². The van der Waals surface area contributed by atoms with E-state index in [4.69, 9.17) is 40.9 Å². The Kier molecular flexibility index (Phi) is 18.8. The van der Waals surface area contributed by atoms with Gasteiger partial charge in [-0.1, -0.05) is 5.92 Å². The average molecular weight is 618 g/mol. The highest BCUT2D eigenvalue weighted by molar-refractivity contribution is 5.95. The molecule has 1 heterocycles. The first kappa shape index (κ1) is 37.8. The summed E-state index contributed by atoms with van der Waals surface area (Å²) in [6.45, 7) is 1.59. The standard InChI is InChI=1S/C18H26FN3O8.C9H14O4/c1-21-10(4-5-20)16(26)22-9-2-3-11(8(6-9)7-19)29-18-14(25)12(23)13(24)15(30-18)17(27)28;1-2-4-11-6-8-13-9-7-12-5-3-10/h2-3,6,10,12-15,18,21,23-25H,4-5,7,20H2,1H3,(H,22,26)(H,27,28);1,3H,4-9H2. The first-order valence-electron chi connectivity index (χ1n) is 13.2. The molecule has 1 aromatic rings. The van der Waals surface area contributed by atoms with Crippen LogP contribution in [0.25, 0.3) is 0 Å². The third-order valence-corrected chi connectivity index (χ3v) is 5.76. The van der Waals surface area contributed by atoms with Crippen molar-refractivity contribution in [3.63, 3.8) is 0 Å². The van der Waals surface area contributed by atoms with Gasteiger partial charge in [-0.05, 0) is 38.2 Å². The topological polar surface area (TPSA) is 228 Å². The number of carbonyl (C=O) groups excluding carboxylic acids is 2. The number of hydrogen-bond donors (Lipinski definition) is 7. The summed E-state index contributed by atoms with van der Waals surface area (Å²) in [5.41, 5.74) is 5.72. The molecule has 1 aromatic carbocycles. The highest BCUT2D eigenvalue weighted by atomic mass is 19.1. The lowest BCUT2D eigenvalue weighted by atomic mass is 9.99. The molecule has 0 aliphatic carbocycles. The zero-order chi connectivity index (χ0) is 32.2. The molecule has 1 aliphatic rings. The van der Waals surface area contributed by atoms with Crippen molar-refractivity contribution in [2.75, 3.05) is 58.6 Å². The molecule has 2 rings (SSSR count). The van der Waals surface area contributed by atoms with E-state index in [1.807, 2.05) is 0 Å². The summed E-state index contributed by atoms with van der Waals surface area (Å²) < 4.78 is 38.8. The number of alkyl halides is 1. The number of terminal acetylenes is 1. The van der Waals surface area contributed by atoms with E-state index in [2.05, 4.69) is 16.6 Å². The van der Waals surface area contributed by atoms with Gasteiger partial charge >= 0.3 is 5.97 Å². The summed E-state index contributed by atoms with van der Waals surface area (Å²) in [5, 5.41) is 44.1. The Balaban J connectivity index is 0.000000599. The zero-order valence-electron chi connectivity index (χ0n) is 23.7. The van der Waals surface area contributed by atoms with Crippen LogP contribution < -0.4 is 21.1 Å². The van der Waals surface area contributed by atoms with Crippen LogP contribution in [0, 0.1) is 12.3 Å². The highest BCUT2D eigenvalue weighted by Crippen LogP contribution is 2.29. The maximum atomic E-state index is 13.5. The smallest absolute Gasteiger partial charge is 0.335 e. The van der Waals surface area contributed by atoms with Crippen molar-refractivity contribution >= 4 is 23.9 Å². The molecule has 43 heavy (non-hydrogen) atoms. The fraction of sp³-hybridized carbons (Fsp3) is 0.593. The number of aliphatic carboxylic acids is 1. The Morgan fingerprint density at radius 2 is 1.81 bits per heavy atom. The molecular weight excluding hydrogens is 577 g/mol. The van der Waals surface area contributed by atoms with Gasteiger partial charge in [-0.3, -0.25) is 4.79 Å². The zero-order valence-corrected chi connectivity index (χ0v) is 23.7. The summed E-state index contributed by atoms with van der Waals surface area (Å²) in [6, 6.07) is 3.48. The van der Waals surface area contributed by atoms with Crippen molar-refractivity contribution in [2.45, 2.75) is 49.8 Å². The predicted octanol–water partition coefficient (Wildman–Crippen LogP) is -1.83. The second kappa shape index (κ2) is 21.4. The summed E-state index contributed by atoms with van der Waals surface area (Å²) in [5.74, 6) is 0.313. The van der Waals surface area contributed by atoms with E-state index in [0.29, 0.717) is 52.3 Å². The van der Waals surface area contributed by atoms with Crippen LogP contribution in [0.1, 0.15) is 12.0 Å². The van der Waals surface area contributed by atoms with Gasteiger partial charge in [0.15, 0.2) is 6.10 Å². The minimum Gasteiger partial charge on any atom is -0.479 e. The number of nitrogens with one attached hydrogen (secondary N) is 2. The number of anilines is 1. The van der Waals surface area contributed by atoms with Crippen LogP contribution in [-0.4, -0.2) is 129 Å². The van der Waals surface area contributed by atoms with Crippen LogP contribution in [0.4, 0.5) is 10.1 Å². The van der Waals surface area contributed by atoms with Gasteiger partial charge in [0.1, 0.15) is 50.2 Å². The maximum absolute atomic E-state index is 13.5. The van der Waals surface area contributed by atoms with E-state index in [0.717, 1.165) is 0 Å². The normalized spacial score (nSPS) is 21.9. The number of rotatable bonds is 18. The first-order valence-corrected chi connectivity index (χ1v) is 13.2. The molecule has 6 unspecified atom stereocenters. The Morgan fingerprint density at radius 3 is 2.40 bits per heavy atom. The minimum atomic E-state index is -1.87. The highest BCUT2D eigenvalue weighted by Gasteiger charge is 2.48. The van der Waals surface area contributed by atoms with Crippen molar-refractivity contribution in [1.82, 2.24) is 5.32 Å². The average Bonchev–Trinajstić information content (AvgIpc) is 2.99. The summed E-state index contributed by atoms with van der Waals surface area (Å²) in [4.78, 5) is 33.2. The lowest BCUT2D eigenvalue weighted by Crippen LogP contribution is -2.61. The van der Waals surface area contributed by atoms with Gasteiger partial charge in [-0.2, -0.15) is 0 Å². The summed E-state index contributed by atoms with van der Waals surface area (Å²) in [7, 11) is 1.61. The Morgan fingerprint density at radius 1 is 1.14 bits per heavy atom. The molecule has 1 amide bonds. The number of carbonyl (C=O) groups is 3. The van der Waals surface area contributed by atoms with Crippen molar-refractivity contribution < 1.29 is 62.9 Å². The van der Waals surface area contributed by atoms with Crippen LogP contribution in [0.15, 0.2) is 18.2 Å². The minimum absolute atomic E-state index is 0.0177. The molecule has 0 spiro atoms. The summed E-state index contributed by atoms with van der Waals surface area (Å²) in [6.07, 6.45) is -2.96. The molecule has 16 heteroatoms. The molecule has 6 atom stereocenters. The molecule has 0 aromatic heterocycles. The number of amides is 1. The molecule has 0 radical (unpaired) electrons. The fourth-order valence-electron chi connectivity index (χ4n) is 3.55. The van der Waals surface area contributed by atoms with Crippen LogP contribution in [-0.2, 0) is 40.0 Å². The lowest BCUT2D eigenvalue weighted by molar-refractivity contribution is -0.271. The largest absolute Gasteiger partial charge is 0.479 e. The Hall–Kier alpha value is -3.24. The van der Waals surface area contributed by atoms with Gasteiger partial charge in [-0.15, -0.1) is 6.42 Å². The molecule has 15 nitrogen and oxygen atoms in total. The number of aldehydes is 1. The van der Waals surface area contributed by atoms with Gasteiger partial charge in [0.05, 0.1) is 32.5 Å². The van der Waals surface area contributed by atoms with E-state index in [1.165, 1.54) is 18.2 Å². The second-order valence-electron chi connectivity index (χ2n) is 8.83. The molecule has 0 saturated carbocycles. The quantitative estimate of drug-likeness (QED) is 0.0546. The van der Waals surface area contributed by atoms with E-state index in [-0.39, 0.29) is 29.5 Å². The number of halogens is 1. The van der Waals surface area contributed by atoms with E-state index in [9.17, 15) is 34.1 Å². The number of carboxylic acids is 1. The molecule has 242 valence electrons. The van der Waals surface area contributed by atoms with E-state index < -0.39 is 49.4 Å². The van der Waals surface area contributed by atoms with Gasteiger partial charge < -0.3 is 65.3 Å². The van der Waals surface area contributed by atoms with E-state index in [1.54, 1.807) is 7.05 Å². The van der Waals surface area contributed by atoms with Crippen LogP contribution >= 0.6 is 0 Å². The monoisotopic (exact) mass is 617 g/mol. The Bertz CT molecular complexity index is 1030. The number of ether oxygens (including phenoxy) is 5. The van der Waals surface area contributed by atoms with Crippen molar-refractivity contribution in [2.24, 2.45) is 5.73 Å². The van der Waals surface area contributed by atoms with Crippen molar-refractivity contribution in [3.05, 3.63) is 23.8 Å². The number of benzene rings is 1. The lowest BCUT2D eigenvalue weighted by Gasteiger charge is -2.38. The van der Waals surface area contributed by atoms with Gasteiger partial charge in [0, 0.05) is 11.3 Å². The van der Waals surface area contributed by atoms with Crippen LogP contribution in [0.3, 0.4) is 0 Å². The predicted molar refractivity (Wildman–Crippen MR) is 149 cm³/mol. The number of aliphatic hydroxyl groups is 3. The fourth-order valence-corrected chi connectivity index (χ4v) is 3.55. The third kappa shape index (κ3) is 13.3. The molecule has 1 saturated heterocycles. The molecule has 1 fully saturated rings. The number of carboxylic acid groups (broad SMARTS) is 1. The molecule has 0 bridgehead atoms. The molecule has 8 N–H and O–H groups in total. The Labute approximate surface area is 248 Å². The number of aliphatic hydroxyl groups excluding tert-OH is 3.